The predicted molar refractivity (Wildman–Crippen MR) is 72.1 cm³/mol. The Kier molecular flexibility index (Phi) is 3.89. The van der Waals surface area contributed by atoms with Crippen LogP contribution in [0.1, 0.15) is 24.8 Å². The van der Waals surface area contributed by atoms with Crippen LogP contribution in [0.4, 0.5) is 11.5 Å². The molecule has 1 amide bonds. The monoisotopic (exact) mass is 251 g/mol. The molecule has 4 nitrogen and oxygen atoms in total. The first-order valence-corrected chi connectivity index (χ1v) is 6.86. The summed E-state index contributed by atoms with van der Waals surface area (Å²) in [6.07, 6.45) is 4.88. The number of aromatic nitrogens is 1. The molecule has 0 spiro atoms. The zero-order valence-corrected chi connectivity index (χ0v) is 10.7. The molecular formula is C12H17N3OS. The number of anilines is 2. The van der Waals surface area contributed by atoms with Crippen LogP contribution in [0, 0.1) is 6.92 Å². The van der Waals surface area contributed by atoms with Gasteiger partial charge in [0.2, 0.25) is 5.91 Å². The normalized spacial score (nSPS) is 19.9. The van der Waals surface area contributed by atoms with Gasteiger partial charge in [-0.2, -0.15) is 0 Å². The van der Waals surface area contributed by atoms with E-state index in [-0.39, 0.29) is 11.2 Å². The second kappa shape index (κ2) is 5.40. The lowest BCUT2D eigenvalue weighted by Crippen LogP contribution is -2.28. The van der Waals surface area contributed by atoms with E-state index in [4.69, 9.17) is 5.73 Å². The van der Waals surface area contributed by atoms with E-state index in [9.17, 15) is 4.79 Å². The molecule has 1 saturated heterocycles. The van der Waals surface area contributed by atoms with Crippen LogP contribution in [0.5, 0.6) is 0 Å². The number of nitrogens with zero attached hydrogens (tertiary/aromatic N) is 1. The Morgan fingerprint density at radius 3 is 3.06 bits per heavy atom. The molecule has 0 aromatic carbocycles. The smallest absolute Gasteiger partial charge is 0.238 e. The first-order chi connectivity index (χ1) is 8.16. The van der Waals surface area contributed by atoms with Gasteiger partial charge in [-0.1, -0.05) is 6.42 Å². The minimum Gasteiger partial charge on any atom is -0.397 e. The van der Waals surface area contributed by atoms with Crippen molar-refractivity contribution in [1.82, 2.24) is 4.98 Å². The third kappa shape index (κ3) is 3.12. The van der Waals surface area contributed by atoms with Crippen LogP contribution >= 0.6 is 11.8 Å². The maximum absolute atomic E-state index is 12.0. The maximum Gasteiger partial charge on any atom is 0.238 e. The SMILES string of the molecule is Cc1cc(N)cnc1NC(=O)C1CCCCS1. The second-order valence-electron chi connectivity index (χ2n) is 4.28. The average Bonchev–Trinajstić information content (AvgIpc) is 2.34. The minimum atomic E-state index is 0.0649. The molecule has 0 aliphatic carbocycles. The summed E-state index contributed by atoms with van der Waals surface area (Å²) in [5.74, 6) is 1.76. The van der Waals surface area contributed by atoms with Crippen LogP contribution < -0.4 is 11.1 Å². The number of hydrogen-bond acceptors (Lipinski definition) is 4. The van der Waals surface area contributed by atoms with E-state index in [1.54, 1.807) is 18.0 Å². The molecule has 1 aliphatic rings. The number of carbonyl (C=O) groups is 1. The fourth-order valence-electron chi connectivity index (χ4n) is 1.87. The molecule has 0 saturated carbocycles. The predicted octanol–water partition coefficient (Wildman–Crippen LogP) is 2.20. The molecule has 0 radical (unpaired) electrons. The van der Waals surface area contributed by atoms with Crippen molar-refractivity contribution in [3.63, 3.8) is 0 Å². The molecule has 5 heteroatoms. The molecule has 3 N–H and O–H groups in total. The van der Waals surface area contributed by atoms with Gasteiger partial charge in [-0.15, -0.1) is 11.8 Å². The van der Waals surface area contributed by atoms with Gasteiger partial charge in [0.05, 0.1) is 17.1 Å². The Hall–Kier alpha value is -1.23. The molecule has 1 aromatic rings. The third-order valence-electron chi connectivity index (χ3n) is 2.81. The summed E-state index contributed by atoms with van der Waals surface area (Å²) in [6, 6.07) is 1.82. The van der Waals surface area contributed by atoms with Crippen molar-refractivity contribution < 1.29 is 4.79 Å². The van der Waals surface area contributed by atoms with E-state index in [1.165, 1.54) is 6.42 Å². The first kappa shape index (κ1) is 12.2. The molecule has 92 valence electrons. The van der Waals surface area contributed by atoms with Crippen molar-refractivity contribution in [1.29, 1.82) is 0 Å². The Morgan fingerprint density at radius 1 is 1.59 bits per heavy atom. The summed E-state index contributed by atoms with van der Waals surface area (Å²) in [4.78, 5) is 16.1. The van der Waals surface area contributed by atoms with E-state index >= 15 is 0 Å². The Morgan fingerprint density at radius 2 is 2.41 bits per heavy atom. The van der Waals surface area contributed by atoms with Gasteiger partial charge in [-0.3, -0.25) is 4.79 Å². The number of amides is 1. The summed E-state index contributed by atoms with van der Waals surface area (Å²) in [5, 5.41) is 2.95. The molecule has 2 heterocycles. The van der Waals surface area contributed by atoms with Crippen molar-refractivity contribution in [2.24, 2.45) is 0 Å². The van der Waals surface area contributed by atoms with Crippen molar-refractivity contribution >= 4 is 29.2 Å². The van der Waals surface area contributed by atoms with Crippen LogP contribution in [0.25, 0.3) is 0 Å². The van der Waals surface area contributed by atoms with Crippen molar-refractivity contribution in [3.8, 4) is 0 Å². The standard InChI is InChI=1S/C12H17N3OS/c1-8-6-9(13)7-14-11(8)15-12(16)10-4-2-3-5-17-10/h6-7,10H,2-5,13H2,1H3,(H,14,15,16). The number of hydrogen-bond donors (Lipinski definition) is 2. The Balaban J connectivity index is 2.02. The maximum atomic E-state index is 12.0. The van der Waals surface area contributed by atoms with Gasteiger partial charge in [0.1, 0.15) is 5.82 Å². The summed E-state index contributed by atoms with van der Waals surface area (Å²) >= 11 is 1.74. The van der Waals surface area contributed by atoms with E-state index in [1.807, 2.05) is 13.0 Å². The van der Waals surface area contributed by atoms with Gasteiger partial charge in [0.25, 0.3) is 0 Å². The molecule has 17 heavy (non-hydrogen) atoms. The highest BCUT2D eigenvalue weighted by Gasteiger charge is 2.22. The van der Waals surface area contributed by atoms with Gasteiger partial charge < -0.3 is 11.1 Å². The summed E-state index contributed by atoms with van der Waals surface area (Å²) < 4.78 is 0. The molecule has 1 aromatic heterocycles. The summed E-state index contributed by atoms with van der Waals surface area (Å²) in [6.45, 7) is 1.90. The van der Waals surface area contributed by atoms with Crippen LogP contribution in [0.3, 0.4) is 0 Å². The zero-order chi connectivity index (χ0) is 12.3. The highest BCUT2D eigenvalue weighted by molar-refractivity contribution is 8.00. The number of carbonyl (C=O) groups excluding carboxylic acids is 1. The van der Waals surface area contributed by atoms with Gasteiger partial charge >= 0.3 is 0 Å². The van der Waals surface area contributed by atoms with Gasteiger partial charge in [0.15, 0.2) is 0 Å². The van der Waals surface area contributed by atoms with Crippen molar-refractivity contribution in [2.45, 2.75) is 31.4 Å². The largest absolute Gasteiger partial charge is 0.397 e. The number of pyridine rings is 1. The van der Waals surface area contributed by atoms with E-state index in [0.717, 1.165) is 24.2 Å². The third-order valence-corrected chi connectivity index (χ3v) is 4.19. The fourth-order valence-corrected chi connectivity index (χ4v) is 3.07. The number of thioether (sulfide) groups is 1. The quantitative estimate of drug-likeness (QED) is 0.845. The zero-order valence-electron chi connectivity index (χ0n) is 9.90. The first-order valence-electron chi connectivity index (χ1n) is 5.81. The summed E-state index contributed by atoms with van der Waals surface area (Å²) in [7, 11) is 0. The van der Waals surface area contributed by atoms with Gasteiger partial charge in [0, 0.05) is 0 Å². The van der Waals surface area contributed by atoms with Crippen molar-refractivity contribution in [2.75, 3.05) is 16.8 Å². The highest BCUT2D eigenvalue weighted by atomic mass is 32.2. The number of rotatable bonds is 2. The van der Waals surface area contributed by atoms with Crippen LogP contribution in [0.15, 0.2) is 12.3 Å². The molecule has 0 bridgehead atoms. The Labute approximate surface area is 105 Å². The molecular weight excluding hydrogens is 234 g/mol. The number of nitrogens with two attached hydrogens (primary N) is 1. The van der Waals surface area contributed by atoms with Crippen molar-refractivity contribution in [3.05, 3.63) is 17.8 Å². The molecule has 1 aliphatic heterocycles. The highest BCUT2D eigenvalue weighted by Crippen LogP contribution is 2.26. The van der Waals surface area contributed by atoms with Gasteiger partial charge in [-0.25, -0.2) is 4.98 Å². The molecule has 1 unspecified atom stereocenters. The lowest BCUT2D eigenvalue weighted by atomic mass is 10.2. The molecule has 1 atom stereocenters. The molecule has 2 rings (SSSR count). The second-order valence-corrected chi connectivity index (χ2v) is 5.59. The van der Waals surface area contributed by atoms with Crippen LogP contribution in [-0.4, -0.2) is 21.9 Å². The number of nitrogen functional groups attached to an aromatic ring is 1. The van der Waals surface area contributed by atoms with E-state index in [2.05, 4.69) is 10.3 Å². The fraction of sp³-hybridized carbons (Fsp3) is 0.500. The summed E-state index contributed by atoms with van der Waals surface area (Å²) in [5.41, 5.74) is 7.14. The lowest BCUT2D eigenvalue weighted by molar-refractivity contribution is -0.115. The van der Waals surface area contributed by atoms with E-state index in [0.29, 0.717) is 11.5 Å². The van der Waals surface area contributed by atoms with Crippen LogP contribution in [-0.2, 0) is 4.79 Å². The lowest BCUT2D eigenvalue weighted by Gasteiger charge is -2.20. The number of nitrogens with one attached hydrogen (secondary N) is 1. The minimum absolute atomic E-state index is 0.0649. The average molecular weight is 251 g/mol. The van der Waals surface area contributed by atoms with Gasteiger partial charge in [-0.05, 0) is 37.1 Å². The number of aryl methyl sites for hydroxylation is 1. The molecule has 1 fully saturated rings. The van der Waals surface area contributed by atoms with E-state index < -0.39 is 0 Å². The van der Waals surface area contributed by atoms with Crippen LogP contribution in [0.2, 0.25) is 0 Å². The topological polar surface area (TPSA) is 68.0 Å². The Bertz CT molecular complexity index is 416.